The van der Waals surface area contributed by atoms with Gasteiger partial charge in [0.2, 0.25) is 0 Å². The van der Waals surface area contributed by atoms with Gasteiger partial charge in [0.1, 0.15) is 6.04 Å². The number of rotatable bonds is 4. The lowest BCUT2D eigenvalue weighted by Crippen LogP contribution is -2.44. The lowest BCUT2D eigenvalue weighted by atomic mass is 10.0. The van der Waals surface area contributed by atoms with E-state index < -0.39 is 12.0 Å². The third-order valence-electron chi connectivity index (χ3n) is 3.06. The van der Waals surface area contributed by atoms with Gasteiger partial charge >= 0.3 is 5.97 Å². The number of carboxylic acids is 1. The Kier molecular flexibility index (Phi) is 3.55. The van der Waals surface area contributed by atoms with Crippen molar-refractivity contribution in [2.24, 2.45) is 5.92 Å². The molecule has 0 unspecified atom stereocenters. The first-order chi connectivity index (χ1) is 9.00. The molecule has 0 spiro atoms. The summed E-state index contributed by atoms with van der Waals surface area (Å²) < 4.78 is 0. The van der Waals surface area contributed by atoms with Gasteiger partial charge in [0.05, 0.1) is 0 Å². The lowest BCUT2D eigenvalue weighted by Gasteiger charge is -2.18. The quantitative estimate of drug-likeness (QED) is 0.786. The van der Waals surface area contributed by atoms with Crippen LogP contribution < -0.4 is 5.32 Å². The second kappa shape index (κ2) is 5.14. The zero-order valence-corrected chi connectivity index (χ0v) is 10.8. The number of amides is 1. The first-order valence-electron chi connectivity index (χ1n) is 6.10. The average Bonchev–Trinajstić information content (AvgIpc) is 2.82. The number of carboxylic acid groups (broad SMARTS) is 1. The van der Waals surface area contributed by atoms with E-state index in [-0.39, 0.29) is 11.8 Å². The number of hydrogen-bond acceptors (Lipinski definition) is 2. The predicted molar refractivity (Wildman–Crippen MR) is 72.0 cm³/mol. The van der Waals surface area contributed by atoms with Crippen molar-refractivity contribution >= 4 is 22.8 Å². The Bertz CT molecular complexity index is 616. The highest BCUT2D eigenvalue weighted by Gasteiger charge is 2.24. The van der Waals surface area contributed by atoms with Crippen LogP contribution in [0.5, 0.6) is 0 Å². The summed E-state index contributed by atoms with van der Waals surface area (Å²) in [5.74, 6) is -1.57. The number of aromatic amines is 1. The van der Waals surface area contributed by atoms with Crippen LogP contribution in [0.4, 0.5) is 0 Å². The normalized spacial score (nSPS) is 12.6. The van der Waals surface area contributed by atoms with Crippen LogP contribution in [0, 0.1) is 5.92 Å². The van der Waals surface area contributed by atoms with Crippen molar-refractivity contribution in [2.75, 3.05) is 0 Å². The van der Waals surface area contributed by atoms with Gasteiger partial charge in [-0.05, 0) is 24.1 Å². The highest BCUT2D eigenvalue weighted by molar-refractivity contribution is 6.07. The van der Waals surface area contributed by atoms with Gasteiger partial charge in [-0.25, -0.2) is 4.79 Å². The molecule has 0 fully saturated rings. The molecule has 1 aromatic carbocycles. The van der Waals surface area contributed by atoms with Crippen LogP contribution in [-0.4, -0.2) is 28.0 Å². The maximum atomic E-state index is 12.2. The van der Waals surface area contributed by atoms with E-state index in [1.165, 1.54) is 0 Å². The molecule has 2 aromatic rings. The molecular weight excluding hydrogens is 244 g/mol. The van der Waals surface area contributed by atoms with E-state index in [0.29, 0.717) is 5.56 Å². The Balaban J connectivity index is 2.29. The Morgan fingerprint density at radius 3 is 2.63 bits per heavy atom. The molecule has 1 aromatic heterocycles. The molecule has 3 N–H and O–H groups in total. The third kappa shape index (κ3) is 2.59. The number of carbonyl (C=O) groups excluding carboxylic acids is 1. The fourth-order valence-electron chi connectivity index (χ4n) is 2.02. The van der Waals surface area contributed by atoms with E-state index in [2.05, 4.69) is 10.3 Å². The minimum Gasteiger partial charge on any atom is -0.480 e. The van der Waals surface area contributed by atoms with E-state index in [0.717, 1.165) is 10.9 Å². The first-order valence-corrected chi connectivity index (χ1v) is 6.10. The second-order valence-electron chi connectivity index (χ2n) is 4.78. The zero-order valence-electron chi connectivity index (χ0n) is 10.8. The third-order valence-corrected chi connectivity index (χ3v) is 3.06. The smallest absolute Gasteiger partial charge is 0.326 e. The van der Waals surface area contributed by atoms with Gasteiger partial charge in [0, 0.05) is 22.7 Å². The summed E-state index contributed by atoms with van der Waals surface area (Å²) in [5.41, 5.74) is 1.33. The maximum absolute atomic E-state index is 12.2. The number of carbonyl (C=O) groups is 2. The van der Waals surface area contributed by atoms with Crippen molar-refractivity contribution in [3.63, 3.8) is 0 Å². The number of aliphatic carboxylic acids is 1. The molecule has 0 bridgehead atoms. The summed E-state index contributed by atoms with van der Waals surface area (Å²) >= 11 is 0. The highest BCUT2D eigenvalue weighted by Crippen LogP contribution is 2.17. The van der Waals surface area contributed by atoms with E-state index in [4.69, 9.17) is 5.11 Å². The minimum atomic E-state index is -1.02. The summed E-state index contributed by atoms with van der Waals surface area (Å²) in [6.45, 7) is 3.52. The van der Waals surface area contributed by atoms with Gasteiger partial charge in [0.15, 0.2) is 0 Å². The zero-order chi connectivity index (χ0) is 14.0. The monoisotopic (exact) mass is 260 g/mol. The number of H-pyrrole nitrogens is 1. The minimum absolute atomic E-state index is 0.174. The highest BCUT2D eigenvalue weighted by atomic mass is 16.4. The van der Waals surface area contributed by atoms with E-state index in [1.54, 1.807) is 38.2 Å². The summed E-state index contributed by atoms with van der Waals surface area (Å²) in [6, 6.07) is 6.23. The summed E-state index contributed by atoms with van der Waals surface area (Å²) in [6.07, 6.45) is 1.75. The molecule has 0 saturated heterocycles. The molecular formula is C14H16N2O3. The number of nitrogens with one attached hydrogen (secondary N) is 2. The topological polar surface area (TPSA) is 82.2 Å². The van der Waals surface area contributed by atoms with Crippen LogP contribution in [-0.2, 0) is 4.79 Å². The van der Waals surface area contributed by atoms with Gasteiger partial charge in [0.25, 0.3) is 5.91 Å². The van der Waals surface area contributed by atoms with Crippen molar-refractivity contribution in [1.82, 2.24) is 10.3 Å². The van der Waals surface area contributed by atoms with Crippen LogP contribution in [0.25, 0.3) is 10.9 Å². The molecule has 0 aliphatic heterocycles. The molecule has 5 heteroatoms. The molecule has 2 rings (SSSR count). The first kappa shape index (κ1) is 13.1. The van der Waals surface area contributed by atoms with Gasteiger partial charge in [-0.2, -0.15) is 0 Å². The van der Waals surface area contributed by atoms with Gasteiger partial charge in [-0.3, -0.25) is 4.79 Å². The van der Waals surface area contributed by atoms with Crippen molar-refractivity contribution in [3.8, 4) is 0 Å². The largest absolute Gasteiger partial charge is 0.480 e. The molecule has 1 atom stereocenters. The van der Waals surface area contributed by atoms with E-state index >= 15 is 0 Å². The average molecular weight is 260 g/mol. The molecule has 0 saturated carbocycles. The number of hydrogen-bond donors (Lipinski definition) is 3. The standard InChI is InChI=1S/C14H16N2O3/c1-8(2)12(14(18)19)16-13(17)10-4-3-5-11-9(10)6-7-15-11/h3-8,12,15H,1-2H3,(H,16,17)(H,18,19)/t12-/m0/s1. The Morgan fingerprint density at radius 2 is 2.00 bits per heavy atom. The molecule has 1 amide bonds. The fraction of sp³-hybridized carbons (Fsp3) is 0.286. The van der Waals surface area contributed by atoms with Gasteiger partial charge in [-0.1, -0.05) is 19.9 Å². The van der Waals surface area contributed by atoms with Crippen LogP contribution in [0.15, 0.2) is 30.5 Å². The summed E-state index contributed by atoms with van der Waals surface area (Å²) in [5, 5.41) is 12.4. The molecule has 19 heavy (non-hydrogen) atoms. The van der Waals surface area contributed by atoms with Crippen molar-refractivity contribution in [3.05, 3.63) is 36.0 Å². The Labute approximate surface area is 110 Å². The second-order valence-corrected chi connectivity index (χ2v) is 4.78. The molecule has 0 radical (unpaired) electrons. The van der Waals surface area contributed by atoms with Gasteiger partial charge < -0.3 is 15.4 Å². The maximum Gasteiger partial charge on any atom is 0.326 e. The van der Waals surface area contributed by atoms with Crippen LogP contribution in [0.3, 0.4) is 0 Å². The van der Waals surface area contributed by atoms with E-state index in [1.807, 2.05) is 6.07 Å². The van der Waals surface area contributed by atoms with Crippen molar-refractivity contribution in [1.29, 1.82) is 0 Å². The SMILES string of the molecule is CC(C)[C@H](NC(=O)c1cccc2[nH]ccc12)C(=O)O. The Morgan fingerprint density at radius 1 is 1.26 bits per heavy atom. The summed E-state index contributed by atoms with van der Waals surface area (Å²) in [4.78, 5) is 26.3. The van der Waals surface area contributed by atoms with Gasteiger partial charge in [-0.15, -0.1) is 0 Å². The Hall–Kier alpha value is -2.30. The van der Waals surface area contributed by atoms with Crippen molar-refractivity contribution in [2.45, 2.75) is 19.9 Å². The molecule has 100 valence electrons. The molecule has 0 aliphatic rings. The molecule has 0 aliphatic carbocycles. The molecule has 5 nitrogen and oxygen atoms in total. The summed E-state index contributed by atoms with van der Waals surface area (Å²) in [7, 11) is 0. The number of benzene rings is 1. The van der Waals surface area contributed by atoms with Crippen LogP contribution in [0.2, 0.25) is 0 Å². The van der Waals surface area contributed by atoms with E-state index in [9.17, 15) is 9.59 Å². The number of fused-ring (bicyclic) bond motifs is 1. The van der Waals surface area contributed by atoms with Crippen LogP contribution in [0.1, 0.15) is 24.2 Å². The molecule has 1 heterocycles. The predicted octanol–water partition coefficient (Wildman–Crippen LogP) is 2.01. The lowest BCUT2D eigenvalue weighted by molar-refractivity contribution is -0.140. The van der Waals surface area contributed by atoms with Crippen molar-refractivity contribution < 1.29 is 14.7 Å². The number of aromatic nitrogens is 1. The fourth-order valence-corrected chi connectivity index (χ4v) is 2.02. The van der Waals surface area contributed by atoms with Crippen LogP contribution >= 0.6 is 0 Å².